The summed E-state index contributed by atoms with van der Waals surface area (Å²) in [6.45, 7) is -0.0585. The van der Waals surface area contributed by atoms with Gasteiger partial charge in [-0.25, -0.2) is 13.2 Å². The summed E-state index contributed by atoms with van der Waals surface area (Å²) >= 11 is 0. The van der Waals surface area contributed by atoms with Gasteiger partial charge in [0.2, 0.25) is 15.9 Å². The molecule has 1 saturated carbocycles. The third-order valence-electron chi connectivity index (χ3n) is 5.88. The Hall–Kier alpha value is -3.24. The number of hydrogen-bond donors (Lipinski definition) is 1. The first kappa shape index (κ1) is 23.9. The molecule has 2 aliphatic rings. The van der Waals surface area contributed by atoms with Crippen molar-refractivity contribution in [1.29, 1.82) is 0 Å². The van der Waals surface area contributed by atoms with Crippen LogP contribution in [0.4, 0.5) is 0 Å². The second-order valence-electron chi connectivity index (χ2n) is 8.55. The number of benzene rings is 2. The van der Waals surface area contributed by atoms with Crippen LogP contribution in [0.2, 0.25) is 0 Å². The number of amides is 2. The zero-order chi connectivity index (χ0) is 24.3. The van der Waals surface area contributed by atoms with Crippen LogP contribution in [0, 0.1) is 0 Å². The van der Waals surface area contributed by atoms with E-state index in [9.17, 15) is 22.8 Å². The van der Waals surface area contributed by atoms with Crippen LogP contribution in [-0.2, 0) is 37.3 Å². The van der Waals surface area contributed by atoms with Gasteiger partial charge in [-0.1, -0.05) is 30.3 Å². The Bertz CT molecular complexity index is 1210. The van der Waals surface area contributed by atoms with Crippen molar-refractivity contribution >= 4 is 27.8 Å². The van der Waals surface area contributed by atoms with Crippen LogP contribution in [0.3, 0.4) is 0 Å². The number of nitrogens with zero attached hydrogens (tertiary/aromatic N) is 2. The zero-order valence-electron chi connectivity index (χ0n) is 18.9. The predicted octanol–water partition coefficient (Wildman–Crippen LogP) is 1.33. The zero-order valence-corrected chi connectivity index (χ0v) is 19.7. The van der Waals surface area contributed by atoms with Crippen LogP contribution < -0.4 is 5.32 Å². The number of likely N-dealkylation sites (N-methyl/N-ethyl adjacent to an activating group) is 1. The van der Waals surface area contributed by atoms with Crippen molar-refractivity contribution in [3.63, 3.8) is 0 Å². The van der Waals surface area contributed by atoms with Crippen molar-refractivity contribution in [2.75, 3.05) is 26.7 Å². The van der Waals surface area contributed by atoms with Gasteiger partial charge in [0, 0.05) is 26.2 Å². The molecule has 0 radical (unpaired) electrons. The van der Waals surface area contributed by atoms with Crippen LogP contribution in [0.25, 0.3) is 0 Å². The molecule has 0 saturated heterocycles. The first-order valence-corrected chi connectivity index (χ1v) is 12.6. The van der Waals surface area contributed by atoms with E-state index < -0.39 is 28.5 Å². The molecular weight excluding hydrogens is 458 g/mol. The Labute approximate surface area is 198 Å². The molecular formula is C24H27N3O6S. The van der Waals surface area contributed by atoms with E-state index in [1.807, 2.05) is 24.3 Å². The molecule has 2 aromatic rings. The van der Waals surface area contributed by atoms with Crippen LogP contribution in [0.1, 0.15) is 34.3 Å². The van der Waals surface area contributed by atoms with Gasteiger partial charge in [0.15, 0.2) is 6.61 Å². The van der Waals surface area contributed by atoms with E-state index in [4.69, 9.17) is 4.74 Å². The van der Waals surface area contributed by atoms with Crippen LogP contribution in [0.15, 0.2) is 53.4 Å². The van der Waals surface area contributed by atoms with Crippen molar-refractivity contribution < 1.29 is 27.5 Å². The number of esters is 1. The van der Waals surface area contributed by atoms with Gasteiger partial charge in [-0.2, -0.15) is 4.31 Å². The number of fused-ring (bicyclic) bond motifs is 1. The Morgan fingerprint density at radius 1 is 1.09 bits per heavy atom. The van der Waals surface area contributed by atoms with Gasteiger partial charge >= 0.3 is 5.97 Å². The standard InChI is InChI=1S/C24H27N3O6S/c1-26(15-22(28)25-20-9-10-20)23(29)16-33-24(30)18-7-4-8-21(13-18)34(31,32)27-12-11-17-5-2-3-6-19(17)14-27/h2-8,13,20H,9-12,14-16H2,1H3,(H,25,28). The summed E-state index contributed by atoms with van der Waals surface area (Å²) < 4.78 is 32.8. The number of carbonyl (C=O) groups excluding carboxylic acids is 3. The molecule has 1 aliphatic carbocycles. The van der Waals surface area contributed by atoms with Gasteiger partial charge in [-0.15, -0.1) is 0 Å². The maximum Gasteiger partial charge on any atom is 0.338 e. The lowest BCUT2D eigenvalue weighted by molar-refractivity contribution is -0.137. The molecule has 1 fully saturated rings. The summed E-state index contributed by atoms with van der Waals surface area (Å²) in [6, 6.07) is 13.5. The van der Waals surface area contributed by atoms with Crippen molar-refractivity contribution in [2.24, 2.45) is 0 Å². The lowest BCUT2D eigenvalue weighted by atomic mass is 10.0. The van der Waals surface area contributed by atoms with Gasteiger partial charge in [-0.3, -0.25) is 9.59 Å². The molecule has 0 unspecified atom stereocenters. The van der Waals surface area contributed by atoms with E-state index >= 15 is 0 Å². The summed E-state index contributed by atoms with van der Waals surface area (Å²) in [5.41, 5.74) is 2.12. The molecule has 34 heavy (non-hydrogen) atoms. The Kier molecular flexibility index (Phi) is 6.99. The van der Waals surface area contributed by atoms with E-state index in [1.54, 1.807) is 0 Å². The summed E-state index contributed by atoms with van der Waals surface area (Å²) in [7, 11) is -2.37. The minimum Gasteiger partial charge on any atom is -0.452 e. The van der Waals surface area contributed by atoms with E-state index in [1.165, 1.54) is 40.5 Å². The molecule has 9 nitrogen and oxygen atoms in total. The van der Waals surface area contributed by atoms with Gasteiger partial charge in [0.1, 0.15) is 0 Å². The molecule has 0 bridgehead atoms. The average Bonchev–Trinajstić information content (AvgIpc) is 3.65. The molecule has 0 spiro atoms. The number of rotatable bonds is 8. The number of sulfonamides is 1. The fourth-order valence-electron chi connectivity index (χ4n) is 3.73. The molecule has 2 aromatic carbocycles. The molecule has 180 valence electrons. The maximum atomic E-state index is 13.2. The molecule has 1 aliphatic heterocycles. The monoisotopic (exact) mass is 485 g/mol. The van der Waals surface area contributed by atoms with E-state index in [0.29, 0.717) is 13.0 Å². The third-order valence-corrected chi connectivity index (χ3v) is 7.72. The quantitative estimate of drug-likeness (QED) is 0.565. The average molecular weight is 486 g/mol. The Balaban J connectivity index is 1.36. The molecule has 0 aromatic heterocycles. The lowest BCUT2D eigenvalue weighted by Crippen LogP contribution is -2.40. The van der Waals surface area contributed by atoms with Crippen molar-refractivity contribution in [2.45, 2.75) is 36.7 Å². The Morgan fingerprint density at radius 2 is 1.82 bits per heavy atom. The maximum absolute atomic E-state index is 13.2. The normalized spacial score (nSPS) is 15.8. The van der Waals surface area contributed by atoms with Gasteiger partial charge < -0.3 is 15.0 Å². The highest BCUT2D eigenvalue weighted by Crippen LogP contribution is 2.25. The van der Waals surface area contributed by atoms with Gasteiger partial charge in [0.05, 0.1) is 17.0 Å². The number of ether oxygens (including phenoxy) is 1. The first-order chi connectivity index (χ1) is 16.2. The minimum atomic E-state index is -3.82. The predicted molar refractivity (Wildman–Crippen MR) is 123 cm³/mol. The fourth-order valence-corrected chi connectivity index (χ4v) is 5.20. The largest absolute Gasteiger partial charge is 0.452 e. The smallest absolute Gasteiger partial charge is 0.338 e. The molecule has 1 heterocycles. The number of carbonyl (C=O) groups is 3. The fraction of sp³-hybridized carbons (Fsp3) is 0.375. The second-order valence-corrected chi connectivity index (χ2v) is 10.5. The summed E-state index contributed by atoms with van der Waals surface area (Å²) in [4.78, 5) is 37.7. The second kappa shape index (κ2) is 9.94. The summed E-state index contributed by atoms with van der Waals surface area (Å²) in [5, 5.41) is 2.78. The van der Waals surface area contributed by atoms with Crippen LogP contribution in [0.5, 0.6) is 0 Å². The highest BCUT2D eigenvalue weighted by Gasteiger charge is 2.29. The molecule has 0 atom stereocenters. The summed E-state index contributed by atoms with van der Waals surface area (Å²) in [6.07, 6.45) is 2.51. The lowest BCUT2D eigenvalue weighted by Gasteiger charge is -2.28. The first-order valence-electron chi connectivity index (χ1n) is 11.1. The number of nitrogens with one attached hydrogen (secondary N) is 1. The third kappa shape index (κ3) is 5.63. The van der Waals surface area contributed by atoms with Gasteiger partial charge in [0.25, 0.3) is 5.91 Å². The topological polar surface area (TPSA) is 113 Å². The highest BCUT2D eigenvalue weighted by atomic mass is 32.2. The SMILES string of the molecule is CN(CC(=O)NC1CC1)C(=O)COC(=O)c1cccc(S(=O)(=O)N2CCc3ccccc3C2)c1. The molecule has 4 rings (SSSR count). The van der Waals surface area contributed by atoms with Crippen LogP contribution in [-0.4, -0.2) is 68.2 Å². The highest BCUT2D eigenvalue weighted by molar-refractivity contribution is 7.89. The molecule has 1 N–H and O–H groups in total. The van der Waals surface area contributed by atoms with E-state index in [0.717, 1.165) is 24.0 Å². The van der Waals surface area contributed by atoms with Crippen LogP contribution >= 0.6 is 0 Å². The van der Waals surface area contributed by atoms with Crippen molar-refractivity contribution in [3.05, 3.63) is 65.2 Å². The van der Waals surface area contributed by atoms with E-state index in [2.05, 4.69) is 5.32 Å². The molecule has 10 heteroatoms. The Morgan fingerprint density at radius 3 is 2.56 bits per heavy atom. The number of hydrogen-bond acceptors (Lipinski definition) is 6. The minimum absolute atomic E-state index is 0.0125. The van der Waals surface area contributed by atoms with Gasteiger partial charge in [-0.05, 0) is 48.6 Å². The van der Waals surface area contributed by atoms with Crippen molar-refractivity contribution in [3.8, 4) is 0 Å². The van der Waals surface area contributed by atoms with Crippen molar-refractivity contribution in [1.82, 2.24) is 14.5 Å². The van der Waals surface area contributed by atoms with E-state index in [-0.39, 0.29) is 35.5 Å². The molecule has 2 amide bonds. The summed E-state index contributed by atoms with van der Waals surface area (Å²) in [5.74, 6) is -1.61.